The van der Waals surface area contributed by atoms with E-state index in [-0.39, 0.29) is 38.3 Å². The molecule has 2 aromatic carbocycles. The summed E-state index contributed by atoms with van der Waals surface area (Å²) in [5.74, 6) is -1.57. The molecule has 4 aromatic rings. The number of pyridine rings is 2. The van der Waals surface area contributed by atoms with Crippen molar-refractivity contribution in [2.45, 2.75) is 4.90 Å². The Kier molecular flexibility index (Phi) is 6.52. The second-order valence-electron chi connectivity index (χ2n) is 5.80. The average molecular weight is 432 g/mol. The Morgan fingerprint density at radius 1 is 0.867 bits per heavy atom. The van der Waals surface area contributed by atoms with Crippen LogP contribution in [0.2, 0.25) is 0 Å². The molecule has 2 heterocycles. The molecular weight excluding hydrogens is 416 g/mol. The van der Waals surface area contributed by atoms with Crippen molar-refractivity contribution in [3.8, 4) is 11.5 Å². The van der Waals surface area contributed by atoms with Gasteiger partial charge in [0.25, 0.3) is 10.1 Å². The molecule has 0 bridgehead atoms. The van der Waals surface area contributed by atoms with Crippen LogP contribution in [0.5, 0.6) is 11.5 Å². The molecule has 0 amide bonds. The molecule has 0 aliphatic rings. The number of hydrogen-bond acceptors (Lipinski definition) is 7. The number of aromatic hydroxyl groups is 2. The predicted octanol–water partition coefficient (Wildman–Crippen LogP) is 2.00. The van der Waals surface area contributed by atoms with Gasteiger partial charge in [0.2, 0.25) is 0 Å². The molecule has 0 aliphatic carbocycles. The van der Waals surface area contributed by atoms with Gasteiger partial charge in [-0.25, -0.2) is 4.79 Å². The molecule has 0 fully saturated rings. The molecule has 6 N–H and O–H groups in total. The van der Waals surface area contributed by atoms with E-state index >= 15 is 0 Å². The number of phenolic OH excluding ortho intramolecular Hbond substituents is 1. The number of carbonyl (C=O) groups is 1. The fourth-order valence-electron chi connectivity index (χ4n) is 2.66. The Balaban J connectivity index is 0.000000207. The van der Waals surface area contributed by atoms with Crippen molar-refractivity contribution in [2.75, 3.05) is 0 Å². The number of benzene rings is 2. The molecule has 0 radical (unpaired) electrons. The normalized spacial score (nSPS) is 10.7. The van der Waals surface area contributed by atoms with Crippen molar-refractivity contribution in [1.82, 2.24) is 9.97 Å². The summed E-state index contributed by atoms with van der Waals surface area (Å²) >= 11 is 0. The summed E-state index contributed by atoms with van der Waals surface area (Å²) in [7, 11) is -4.30. The standard InChI is InChI=1S/C10H7NO3.C9H7NO4S.H2O/c12-9-7(10(13)14)4-3-6-2-1-5-11-8(6)9;11-7-3-4-8(15(12,13)14)6-2-1-5-10-9(6)7;/h1-5,12H,(H,13,14);1-5,11H,(H,12,13,14);1H2. The maximum atomic E-state index is 11.0. The Morgan fingerprint density at radius 2 is 1.50 bits per heavy atom. The SMILES string of the molecule is O.O=C(O)c1ccc2cccnc2c1O.O=S(=O)(O)c1ccc(O)c2ncccc12. The summed E-state index contributed by atoms with van der Waals surface area (Å²) in [6.07, 6.45) is 2.93. The summed E-state index contributed by atoms with van der Waals surface area (Å²) in [6, 6.07) is 11.8. The van der Waals surface area contributed by atoms with Crippen LogP contribution in [0.15, 0.2) is 65.8 Å². The number of aromatic nitrogens is 2. The van der Waals surface area contributed by atoms with Gasteiger partial charge in [-0.1, -0.05) is 12.1 Å². The molecule has 156 valence electrons. The number of fused-ring (bicyclic) bond motifs is 2. The van der Waals surface area contributed by atoms with Gasteiger partial charge in [-0.3, -0.25) is 14.5 Å². The lowest BCUT2D eigenvalue weighted by atomic mass is 10.1. The average Bonchev–Trinajstić information content (AvgIpc) is 2.68. The summed E-state index contributed by atoms with van der Waals surface area (Å²) in [4.78, 5) is 18.2. The minimum Gasteiger partial charge on any atom is -0.506 e. The van der Waals surface area contributed by atoms with E-state index in [0.29, 0.717) is 5.52 Å². The summed E-state index contributed by atoms with van der Waals surface area (Å²) in [5, 5.41) is 28.6. The van der Waals surface area contributed by atoms with Gasteiger partial charge in [-0.15, -0.1) is 0 Å². The van der Waals surface area contributed by atoms with Crippen LogP contribution in [0.3, 0.4) is 0 Å². The van der Waals surface area contributed by atoms with Crippen LogP contribution in [0.4, 0.5) is 0 Å². The number of carboxylic acids is 1. The molecule has 0 aliphatic heterocycles. The first-order valence-corrected chi connectivity index (χ1v) is 9.48. The van der Waals surface area contributed by atoms with E-state index in [1.807, 2.05) is 0 Å². The fourth-order valence-corrected chi connectivity index (χ4v) is 3.34. The van der Waals surface area contributed by atoms with Crippen molar-refractivity contribution in [3.63, 3.8) is 0 Å². The molecule has 0 spiro atoms. The van der Waals surface area contributed by atoms with Crippen molar-refractivity contribution >= 4 is 37.9 Å². The molecule has 0 saturated heterocycles. The van der Waals surface area contributed by atoms with E-state index in [9.17, 15) is 23.4 Å². The van der Waals surface area contributed by atoms with Crippen LogP contribution in [-0.4, -0.2) is 49.7 Å². The molecule has 0 unspecified atom stereocenters. The molecule has 10 nitrogen and oxygen atoms in total. The zero-order valence-corrected chi connectivity index (χ0v) is 15.9. The third-order valence-electron chi connectivity index (χ3n) is 3.96. The lowest BCUT2D eigenvalue weighted by Crippen LogP contribution is -1.99. The van der Waals surface area contributed by atoms with Crippen LogP contribution < -0.4 is 0 Å². The molecule has 0 atom stereocenters. The van der Waals surface area contributed by atoms with Gasteiger partial charge in [-0.05, 0) is 36.4 Å². The first kappa shape index (κ1) is 22.5. The zero-order valence-electron chi connectivity index (χ0n) is 15.1. The number of hydrogen-bond donors (Lipinski definition) is 4. The predicted molar refractivity (Wildman–Crippen MR) is 107 cm³/mol. The fraction of sp³-hybridized carbons (Fsp3) is 0. The van der Waals surface area contributed by atoms with Crippen LogP contribution in [-0.2, 0) is 10.1 Å². The minimum absolute atomic E-state index is 0. The van der Waals surface area contributed by atoms with Crippen LogP contribution in [0.1, 0.15) is 10.4 Å². The minimum atomic E-state index is -4.30. The lowest BCUT2D eigenvalue weighted by Gasteiger charge is -2.03. The second-order valence-corrected chi connectivity index (χ2v) is 7.19. The maximum absolute atomic E-state index is 11.0. The number of nitrogens with zero attached hydrogens (tertiary/aromatic N) is 2. The quantitative estimate of drug-likeness (QED) is 0.343. The highest BCUT2D eigenvalue weighted by atomic mass is 32.2. The Bertz CT molecular complexity index is 1340. The first-order chi connectivity index (χ1) is 13.7. The highest BCUT2D eigenvalue weighted by Gasteiger charge is 2.16. The first-order valence-electron chi connectivity index (χ1n) is 8.04. The third-order valence-corrected chi connectivity index (χ3v) is 4.88. The van der Waals surface area contributed by atoms with Crippen molar-refractivity contribution < 1.29 is 38.6 Å². The second kappa shape index (κ2) is 8.69. The summed E-state index contributed by atoms with van der Waals surface area (Å²) < 4.78 is 30.9. The molecule has 30 heavy (non-hydrogen) atoms. The van der Waals surface area contributed by atoms with Crippen molar-refractivity contribution in [1.29, 1.82) is 0 Å². The van der Waals surface area contributed by atoms with E-state index in [2.05, 4.69) is 9.97 Å². The zero-order chi connectivity index (χ0) is 21.2. The highest BCUT2D eigenvalue weighted by molar-refractivity contribution is 7.86. The summed E-state index contributed by atoms with van der Waals surface area (Å²) in [5.41, 5.74) is 0.330. The van der Waals surface area contributed by atoms with Gasteiger partial charge in [-0.2, -0.15) is 8.42 Å². The van der Waals surface area contributed by atoms with Gasteiger partial charge < -0.3 is 20.8 Å². The number of rotatable bonds is 2. The molecule has 2 aromatic heterocycles. The maximum Gasteiger partial charge on any atom is 0.339 e. The van der Waals surface area contributed by atoms with Gasteiger partial charge in [0.15, 0.2) is 5.75 Å². The van der Waals surface area contributed by atoms with Gasteiger partial charge in [0, 0.05) is 23.2 Å². The van der Waals surface area contributed by atoms with Crippen molar-refractivity contribution in [2.24, 2.45) is 0 Å². The lowest BCUT2D eigenvalue weighted by molar-refractivity contribution is 0.0694. The van der Waals surface area contributed by atoms with Crippen molar-refractivity contribution in [3.05, 3.63) is 66.5 Å². The van der Waals surface area contributed by atoms with Gasteiger partial charge in [0.1, 0.15) is 27.2 Å². The van der Waals surface area contributed by atoms with Gasteiger partial charge >= 0.3 is 5.97 Å². The van der Waals surface area contributed by atoms with E-state index in [0.717, 1.165) is 11.5 Å². The number of carboxylic acid groups (broad SMARTS) is 1. The Morgan fingerprint density at radius 3 is 2.13 bits per heavy atom. The molecular formula is C19H16N2O8S. The highest BCUT2D eigenvalue weighted by Crippen LogP contribution is 2.28. The molecule has 11 heteroatoms. The largest absolute Gasteiger partial charge is 0.506 e. The number of phenols is 2. The molecule has 0 saturated carbocycles. The number of aromatic carboxylic acids is 1. The van der Waals surface area contributed by atoms with E-state index in [4.69, 9.17) is 9.66 Å². The Hall–Kier alpha value is -3.80. The summed E-state index contributed by atoms with van der Waals surface area (Å²) in [6.45, 7) is 0. The topological polar surface area (TPSA) is 189 Å². The van der Waals surface area contributed by atoms with Crippen LogP contribution in [0.25, 0.3) is 21.8 Å². The monoisotopic (exact) mass is 432 g/mol. The van der Waals surface area contributed by atoms with Gasteiger partial charge in [0.05, 0.1) is 0 Å². The third kappa shape index (κ3) is 4.43. The van der Waals surface area contributed by atoms with E-state index in [1.165, 1.54) is 36.7 Å². The van der Waals surface area contributed by atoms with Crippen LogP contribution in [0, 0.1) is 0 Å². The van der Waals surface area contributed by atoms with Crippen LogP contribution >= 0.6 is 0 Å². The Labute approximate surface area is 169 Å². The smallest absolute Gasteiger partial charge is 0.339 e. The molecule has 4 rings (SSSR count). The van der Waals surface area contributed by atoms with E-state index < -0.39 is 16.1 Å². The van der Waals surface area contributed by atoms with E-state index in [1.54, 1.807) is 18.2 Å².